The summed E-state index contributed by atoms with van der Waals surface area (Å²) in [4.78, 5) is 14.5. The van der Waals surface area contributed by atoms with Gasteiger partial charge in [0.15, 0.2) is 0 Å². The van der Waals surface area contributed by atoms with Gasteiger partial charge in [-0.25, -0.2) is 0 Å². The van der Waals surface area contributed by atoms with Crippen LogP contribution in [0.25, 0.3) is 0 Å². The van der Waals surface area contributed by atoms with Gasteiger partial charge in [-0.3, -0.25) is 9.89 Å². The number of nitrogens with one attached hydrogen (secondary N) is 1. The number of aryl methyl sites for hydroxylation is 1. The molecule has 1 N–H and O–H groups in total. The van der Waals surface area contributed by atoms with E-state index in [1.807, 2.05) is 47.4 Å². The standard InChI is InChI=1S/C24H26ClN3O2/c25-20-7-9-22(10-8-20)30-15-13-21-16-23(27-26-21)19-12-14-28(17-19)24(29)11-6-18-4-2-1-3-5-18/h1-5,7-10,16,19H,6,11-15,17H2,(H,26,27). The fourth-order valence-electron chi connectivity index (χ4n) is 3.81. The first-order chi connectivity index (χ1) is 14.7. The second kappa shape index (κ2) is 9.81. The maximum absolute atomic E-state index is 12.6. The van der Waals surface area contributed by atoms with E-state index in [2.05, 4.69) is 28.4 Å². The number of hydrogen-bond donors (Lipinski definition) is 1. The first-order valence-corrected chi connectivity index (χ1v) is 10.8. The number of rotatable bonds is 8. The molecule has 5 nitrogen and oxygen atoms in total. The predicted octanol–water partition coefficient (Wildman–Crippen LogP) is 4.63. The molecule has 30 heavy (non-hydrogen) atoms. The Hall–Kier alpha value is -2.79. The van der Waals surface area contributed by atoms with Crippen molar-refractivity contribution < 1.29 is 9.53 Å². The highest BCUT2D eigenvalue weighted by Gasteiger charge is 2.28. The van der Waals surface area contributed by atoms with Gasteiger partial charge in [-0.05, 0) is 48.7 Å². The molecule has 2 aromatic carbocycles. The third kappa shape index (κ3) is 5.42. The minimum Gasteiger partial charge on any atom is -0.493 e. The first-order valence-electron chi connectivity index (χ1n) is 10.4. The highest BCUT2D eigenvalue weighted by atomic mass is 35.5. The molecule has 0 saturated carbocycles. The highest BCUT2D eigenvalue weighted by Crippen LogP contribution is 2.27. The Kier molecular flexibility index (Phi) is 6.70. The van der Waals surface area contributed by atoms with Crippen molar-refractivity contribution >= 4 is 17.5 Å². The number of H-pyrrole nitrogens is 1. The molecule has 0 radical (unpaired) electrons. The van der Waals surface area contributed by atoms with E-state index in [9.17, 15) is 4.79 Å². The van der Waals surface area contributed by atoms with Crippen LogP contribution in [0.1, 0.15) is 35.7 Å². The summed E-state index contributed by atoms with van der Waals surface area (Å²) in [7, 11) is 0. The number of likely N-dealkylation sites (tertiary alicyclic amines) is 1. The number of benzene rings is 2. The van der Waals surface area contributed by atoms with Crippen molar-refractivity contribution in [2.75, 3.05) is 19.7 Å². The van der Waals surface area contributed by atoms with Crippen LogP contribution >= 0.6 is 11.6 Å². The monoisotopic (exact) mass is 423 g/mol. The molecule has 1 unspecified atom stereocenters. The number of aromatic nitrogens is 2. The lowest BCUT2D eigenvalue weighted by Crippen LogP contribution is -2.28. The summed E-state index contributed by atoms with van der Waals surface area (Å²) in [6, 6.07) is 19.6. The van der Waals surface area contributed by atoms with Gasteiger partial charge in [-0.1, -0.05) is 41.9 Å². The molecule has 1 amide bonds. The van der Waals surface area contributed by atoms with Crippen molar-refractivity contribution in [1.82, 2.24) is 15.1 Å². The maximum atomic E-state index is 12.6. The highest BCUT2D eigenvalue weighted by molar-refractivity contribution is 6.30. The van der Waals surface area contributed by atoms with Crippen molar-refractivity contribution in [3.63, 3.8) is 0 Å². The molecule has 1 saturated heterocycles. The molecule has 1 aliphatic heterocycles. The van der Waals surface area contributed by atoms with E-state index in [4.69, 9.17) is 16.3 Å². The Morgan fingerprint density at radius 2 is 1.93 bits per heavy atom. The summed E-state index contributed by atoms with van der Waals surface area (Å²) in [5.74, 6) is 1.33. The molecule has 1 atom stereocenters. The van der Waals surface area contributed by atoms with Gasteiger partial charge >= 0.3 is 0 Å². The average molecular weight is 424 g/mol. The van der Waals surface area contributed by atoms with Crippen LogP contribution in [-0.2, 0) is 17.6 Å². The maximum Gasteiger partial charge on any atom is 0.222 e. The molecule has 1 aromatic heterocycles. The minimum absolute atomic E-state index is 0.230. The summed E-state index contributed by atoms with van der Waals surface area (Å²) < 4.78 is 5.75. The number of amides is 1. The van der Waals surface area contributed by atoms with Crippen LogP contribution < -0.4 is 4.74 Å². The van der Waals surface area contributed by atoms with Gasteiger partial charge in [0.25, 0.3) is 0 Å². The predicted molar refractivity (Wildman–Crippen MR) is 118 cm³/mol. The Labute approximate surface area is 182 Å². The van der Waals surface area contributed by atoms with Gasteiger partial charge < -0.3 is 9.64 Å². The lowest BCUT2D eigenvalue weighted by Gasteiger charge is -2.16. The summed E-state index contributed by atoms with van der Waals surface area (Å²) in [6.07, 6.45) is 3.07. The van der Waals surface area contributed by atoms with E-state index >= 15 is 0 Å². The van der Waals surface area contributed by atoms with Gasteiger partial charge in [0.05, 0.1) is 12.3 Å². The zero-order valence-electron chi connectivity index (χ0n) is 16.9. The largest absolute Gasteiger partial charge is 0.493 e. The first kappa shape index (κ1) is 20.5. The van der Waals surface area contributed by atoms with Crippen molar-refractivity contribution in [1.29, 1.82) is 0 Å². The third-order valence-corrected chi connectivity index (χ3v) is 5.79. The van der Waals surface area contributed by atoms with Crippen LogP contribution in [0.5, 0.6) is 5.75 Å². The molecule has 0 spiro atoms. The lowest BCUT2D eigenvalue weighted by molar-refractivity contribution is -0.130. The SMILES string of the molecule is O=C(CCc1ccccc1)N1CCC(c2cc(CCOc3ccc(Cl)cc3)[nH]n2)C1. The van der Waals surface area contributed by atoms with Gasteiger partial charge in [0.1, 0.15) is 5.75 Å². The van der Waals surface area contributed by atoms with Crippen LogP contribution in [0.2, 0.25) is 5.02 Å². The molecule has 6 heteroatoms. The Morgan fingerprint density at radius 1 is 1.13 bits per heavy atom. The van der Waals surface area contributed by atoms with E-state index in [-0.39, 0.29) is 5.91 Å². The van der Waals surface area contributed by atoms with Gasteiger partial charge in [-0.15, -0.1) is 0 Å². The number of ether oxygens (including phenoxy) is 1. The van der Waals surface area contributed by atoms with Crippen LogP contribution in [0.15, 0.2) is 60.7 Å². The van der Waals surface area contributed by atoms with Gasteiger partial charge in [0, 0.05) is 42.6 Å². The van der Waals surface area contributed by atoms with Crippen LogP contribution in [0.4, 0.5) is 0 Å². The van der Waals surface area contributed by atoms with E-state index < -0.39 is 0 Å². The number of nitrogens with zero attached hydrogens (tertiary/aromatic N) is 2. The number of carbonyl (C=O) groups excluding carboxylic acids is 1. The lowest BCUT2D eigenvalue weighted by atomic mass is 10.0. The topological polar surface area (TPSA) is 58.2 Å². The number of aromatic amines is 1. The normalized spacial score (nSPS) is 16.0. The van der Waals surface area contributed by atoms with Crippen molar-refractivity contribution in [3.05, 3.63) is 82.6 Å². The van der Waals surface area contributed by atoms with Gasteiger partial charge in [0.2, 0.25) is 5.91 Å². The Morgan fingerprint density at radius 3 is 2.73 bits per heavy atom. The quantitative estimate of drug-likeness (QED) is 0.574. The second-order valence-corrected chi connectivity index (χ2v) is 8.12. The van der Waals surface area contributed by atoms with E-state index in [0.717, 1.165) is 49.5 Å². The van der Waals surface area contributed by atoms with Crippen LogP contribution in [-0.4, -0.2) is 40.7 Å². The second-order valence-electron chi connectivity index (χ2n) is 7.68. The zero-order valence-corrected chi connectivity index (χ0v) is 17.6. The van der Waals surface area contributed by atoms with Gasteiger partial charge in [-0.2, -0.15) is 5.10 Å². The van der Waals surface area contributed by atoms with Crippen molar-refractivity contribution in [2.24, 2.45) is 0 Å². The summed E-state index contributed by atoms with van der Waals surface area (Å²) in [6.45, 7) is 2.12. The molecule has 0 aliphatic carbocycles. The van der Waals surface area contributed by atoms with E-state index in [0.29, 0.717) is 24.0 Å². The Bertz CT molecular complexity index is 956. The Balaban J connectivity index is 1.23. The molecule has 3 aromatic rings. The van der Waals surface area contributed by atoms with E-state index in [1.54, 1.807) is 0 Å². The molecule has 2 heterocycles. The van der Waals surface area contributed by atoms with E-state index in [1.165, 1.54) is 5.56 Å². The fraction of sp³-hybridized carbons (Fsp3) is 0.333. The molecule has 1 aliphatic rings. The molecule has 4 rings (SSSR count). The zero-order chi connectivity index (χ0) is 20.8. The third-order valence-electron chi connectivity index (χ3n) is 5.53. The van der Waals surface area contributed by atoms with Crippen molar-refractivity contribution in [2.45, 2.75) is 31.6 Å². The summed E-state index contributed by atoms with van der Waals surface area (Å²) >= 11 is 5.89. The molecule has 156 valence electrons. The van der Waals surface area contributed by atoms with Crippen LogP contribution in [0.3, 0.4) is 0 Å². The summed E-state index contributed by atoms with van der Waals surface area (Å²) in [5, 5.41) is 8.30. The molecule has 1 fully saturated rings. The van der Waals surface area contributed by atoms with Crippen molar-refractivity contribution in [3.8, 4) is 5.75 Å². The molecule has 0 bridgehead atoms. The molecular weight excluding hydrogens is 398 g/mol. The number of hydrogen-bond acceptors (Lipinski definition) is 3. The fourth-order valence-corrected chi connectivity index (χ4v) is 3.93. The van der Waals surface area contributed by atoms with Crippen LogP contribution in [0, 0.1) is 0 Å². The smallest absolute Gasteiger partial charge is 0.222 e. The number of halogens is 1. The summed E-state index contributed by atoms with van der Waals surface area (Å²) in [5.41, 5.74) is 3.29. The minimum atomic E-state index is 0.230. The number of carbonyl (C=O) groups is 1. The molecular formula is C24H26ClN3O2. The average Bonchev–Trinajstić information content (AvgIpc) is 3.44.